The minimum absolute atomic E-state index is 0.0166. The molecule has 8 heteroatoms. The molecule has 4 heterocycles. The summed E-state index contributed by atoms with van der Waals surface area (Å²) in [5, 5.41) is 4.33. The van der Waals surface area contributed by atoms with E-state index in [0.717, 1.165) is 48.5 Å². The van der Waals surface area contributed by atoms with Crippen LogP contribution < -0.4 is 15.0 Å². The summed E-state index contributed by atoms with van der Waals surface area (Å²) >= 11 is 5.94. The first-order valence-corrected chi connectivity index (χ1v) is 14.2. The normalized spacial score (nSPS) is 19.1. The summed E-state index contributed by atoms with van der Waals surface area (Å²) in [6.45, 7) is 8.49. The molecule has 1 N–H and O–H groups in total. The van der Waals surface area contributed by atoms with E-state index in [-0.39, 0.29) is 12.1 Å². The van der Waals surface area contributed by atoms with Crippen LogP contribution in [0.15, 0.2) is 79.0 Å². The summed E-state index contributed by atoms with van der Waals surface area (Å²) in [5.41, 5.74) is 8.17. The van der Waals surface area contributed by atoms with Gasteiger partial charge in [0, 0.05) is 48.6 Å². The lowest BCUT2D eigenvalue weighted by Crippen LogP contribution is -2.36. The standard InChI is InChI=1S/C32H35N5O2S/c1-22-20-28(23(2)37(22)26-11-9-25(10-12-26)35-16-18-39-19-17-35)31-30(29-6-4-5-15-33-29)34-32(40)36(31)21-24-7-13-27(38-3)14-8-24/h4-15,20,30-31H,16-19,21H2,1-3H3,(H,34,40)/t30-,31-/m0/s1. The Hall–Kier alpha value is -3.88. The molecule has 0 unspecified atom stereocenters. The number of aryl methyl sites for hydroxylation is 1. The summed E-state index contributed by atoms with van der Waals surface area (Å²) in [5.74, 6) is 0.844. The van der Waals surface area contributed by atoms with Gasteiger partial charge in [-0.25, -0.2) is 0 Å². The SMILES string of the molecule is COc1ccc(CN2C(=S)N[C@@H](c3ccccn3)[C@@H]2c2cc(C)n(-c3ccc(N4CCOCC4)cc3)c2C)cc1. The minimum Gasteiger partial charge on any atom is -0.497 e. The highest BCUT2D eigenvalue weighted by Crippen LogP contribution is 2.42. The Labute approximate surface area is 241 Å². The number of hydrogen-bond donors (Lipinski definition) is 1. The molecule has 2 aromatic heterocycles. The Kier molecular flexibility index (Phi) is 7.45. The predicted octanol–water partition coefficient (Wildman–Crippen LogP) is 5.51. The summed E-state index contributed by atoms with van der Waals surface area (Å²) in [7, 11) is 1.69. The number of hydrogen-bond acceptors (Lipinski definition) is 5. The molecular formula is C32H35N5O2S. The summed E-state index contributed by atoms with van der Waals surface area (Å²) in [6.07, 6.45) is 1.85. The van der Waals surface area contributed by atoms with Crippen molar-refractivity contribution in [3.05, 3.63) is 107 Å². The van der Waals surface area contributed by atoms with Crippen LogP contribution in [0, 0.1) is 13.8 Å². The first-order valence-electron chi connectivity index (χ1n) is 13.8. The largest absolute Gasteiger partial charge is 0.497 e. The zero-order chi connectivity index (χ0) is 27.6. The fourth-order valence-electron chi connectivity index (χ4n) is 5.96. The Morgan fingerprint density at radius 3 is 2.38 bits per heavy atom. The van der Waals surface area contributed by atoms with E-state index in [9.17, 15) is 0 Å². The van der Waals surface area contributed by atoms with Crippen LogP contribution in [0.3, 0.4) is 0 Å². The molecule has 0 radical (unpaired) electrons. The van der Waals surface area contributed by atoms with Crippen LogP contribution in [0.4, 0.5) is 5.69 Å². The van der Waals surface area contributed by atoms with Gasteiger partial charge in [-0.15, -0.1) is 0 Å². The number of morpholine rings is 1. The molecule has 2 fully saturated rings. The van der Waals surface area contributed by atoms with Crippen molar-refractivity contribution in [2.24, 2.45) is 0 Å². The zero-order valence-electron chi connectivity index (χ0n) is 23.2. The number of thiocarbonyl (C=S) groups is 1. The molecule has 2 saturated heterocycles. The van der Waals surface area contributed by atoms with Gasteiger partial charge in [0.15, 0.2) is 5.11 Å². The van der Waals surface area contributed by atoms with Gasteiger partial charge in [0.1, 0.15) is 5.75 Å². The average molecular weight is 554 g/mol. The summed E-state index contributed by atoms with van der Waals surface area (Å²) in [6, 6.07) is 25.4. The van der Waals surface area contributed by atoms with Crippen molar-refractivity contribution in [2.45, 2.75) is 32.5 Å². The molecule has 7 nitrogen and oxygen atoms in total. The van der Waals surface area contributed by atoms with Gasteiger partial charge in [0.25, 0.3) is 0 Å². The van der Waals surface area contributed by atoms with Crippen LogP contribution >= 0.6 is 12.2 Å². The molecule has 0 bridgehead atoms. The maximum absolute atomic E-state index is 5.94. The van der Waals surface area contributed by atoms with Crippen LogP contribution in [-0.4, -0.2) is 53.0 Å². The third-order valence-electron chi connectivity index (χ3n) is 7.98. The van der Waals surface area contributed by atoms with Crippen LogP contribution in [0.2, 0.25) is 0 Å². The second-order valence-electron chi connectivity index (χ2n) is 10.4. The average Bonchev–Trinajstić information content (AvgIpc) is 3.48. The molecule has 4 aromatic rings. The van der Waals surface area contributed by atoms with Crippen molar-refractivity contribution < 1.29 is 9.47 Å². The number of aromatic nitrogens is 2. The summed E-state index contributed by atoms with van der Waals surface area (Å²) in [4.78, 5) is 9.40. The molecule has 0 amide bonds. The fourth-order valence-corrected chi connectivity index (χ4v) is 6.27. The lowest BCUT2D eigenvalue weighted by Gasteiger charge is -2.29. The highest BCUT2D eigenvalue weighted by molar-refractivity contribution is 7.80. The molecule has 0 aliphatic carbocycles. The van der Waals surface area contributed by atoms with Gasteiger partial charge in [0.2, 0.25) is 0 Å². The maximum atomic E-state index is 5.94. The zero-order valence-corrected chi connectivity index (χ0v) is 24.0. The molecule has 40 heavy (non-hydrogen) atoms. The van der Waals surface area contributed by atoms with Crippen molar-refractivity contribution in [2.75, 3.05) is 38.3 Å². The molecule has 2 aliphatic heterocycles. The Balaban J connectivity index is 1.36. The number of nitrogens with one attached hydrogen (secondary N) is 1. The van der Waals surface area contributed by atoms with Gasteiger partial charge in [-0.3, -0.25) is 4.98 Å². The monoisotopic (exact) mass is 553 g/mol. The van der Waals surface area contributed by atoms with Gasteiger partial charge in [0.05, 0.1) is 38.1 Å². The number of rotatable bonds is 7. The van der Waals surface area contributed by atoms with E-state index in [2.05, 4.69) is 82.1 Å². The molecule has 2 aromatic carbocycles. The number of nitrogens with zero attached hydrogens (tertiary/aromatic N) is 4. The van der Waals surface area contributed by atoms with Crippen LogP contribution in [0.5, 0.6) is 5.75 Å². The summed E-state index contributed by atoms with van der Waals surface area (Å²) < 4.78 is 13.2. The predicted molar refractivity (Wildman–Crippen MR) is 162 cm³/mol. The van der Waals surface area contributed by atoms with Crippen LogP contribution in [-0.2, 0) is 11.3 Å². The van der Waals surface area contributed by atoms with E-state index in [4.69, 9.17) is 26.7 Å². The van der Waals surface area contributed by atoms with Crippen molar-refractivity contribution in [3.63, 3.8) is 0 Å². The third-order valence-corrected chi connectivity index (χ3v) is 8.34. The van der Waals surface area contributed by atoms with Gasteiger partial charge in [-0.1, -0.05) is 18.2 Å². The lowest BCUT2D eigenvalue weighted by molar-refractivity contribution is 0.122. The van der Waals surface area contributed by atoms with E-state index in [1.165, 1.54) is 28.2 Å². The molecule has 2 aliphatic rings. The third kappa shape index (κ3) is 5.05. The van der Waals surface area contributed by atoms with Gasteiger partial charge in [-0.2, -0.15) is 0 Å². The number of methoxy groups -OCH3 is 1. The lowest BCUT2D eigenvalue weighted by atomic mass is 9.96. The second-order valence-corrected chi connectivity index (χ2v) is 10.8. The number of ether oxygens (including phenoxy) is 2. The first kappa shape index (κ1) is 26.3. The fraction of sp³-hybridized carbons (Fsp3) is 0.312. The van der Waals surface area contributed by atoms with Crippen LogP contribution in [0.1, 0.15) is 40.3 Å². The van der Waals surface area contributed by atoms with Crippen molar-refractivity contribution in [1.82, 2.24) is 19.8 Å². The number of anilines is 1. The molecular weight excluding hydrogens is 518 g/mol. The Morgan fingerprint density at radius 2 is 1.70 bits per heavy atom. The molecule has 2 atom stereocenters. The topological polar surface area (TPSA) is 54.8 Å². The molecule has 0 spiro atoms. The van der Waals surface area contributed by atoms with Gasteiger partial charge < -0.3 is 29.2 Å². The highest BCUT2D eigenvalue weighted by atomic mass is 32.1. The van der Waals surface area contributed by atoms with Crippen LogP contribution in [0.25, 0.3) is 5.69 Å². The minimum atomic E-state index is -0.0652. The van der Waals surface area contributed by atoms with E-state index in [0.29, 0.717) is 6.54 Å². The van der Waals surface area contributed by atoms with E-state index >= 15 is 0 Å². The highest BCUT2D eigenvalue weighted by Gasteiger charge is 2.41. The van der Waals surface area contributed by atoms with Crippen molar-refractivity contribution in [1.29, 1.82) is 0 Å². The Bertz CT molecular complexity index is 1460. The van der Waals surface area contributed by atoms with E-state index in [1.807, 2.05) is 30.5 Å². The quantitative estimate of drug-likeness (QED) is 0.303. The molecule has 206 valence electrons. The van der Waals surface area contributed by atoms with Crippen molar-refractivity contribution >= 4 is 23.0 Å². The number of pyridine rings is 1. The van der Waals surface area contributed by atoms with Gasteiger partial charge >= 0.3 is 0 Å². The van der Waals surface area contributed by atoms with Crippen molar-refractivity contribution in [3.8, 4) is 11.4 Å². The maximum Gasteiger partial charge on any atom is 0.170 e. The number of benzene rings is 2. The molecule has 0 saturated carbocycles. The first-order chi connectivity index (χ1) is 19.5. The Morgan fingerprint density at radius 1 is 0.975 bits per heavy atom. The second kappa shape index (κ2) is 11.3. The molecule has 6 rings (SSSR count). The van der Waals surface area contributed by atoms with E-state index in [1.54, 1.807) is 7.11 Å². The van der Waals surface area contributed by atoms with Gasteiger partial charge in [-0.05, 0) is 91.8 Å². The van der Waals surface area contributed by atoms with E-state index < -0.39 is 0 Å². The smallest absolute Gasteiger partial charge is 0.170 e.